The summed E-state index contributed by atoms with van der Waals surface area (Å²) in [4.78, 5) is 16.5. The van der Waals surface area contributed by atoms with Gasteiger partial charge in [0.15, 0.2) is 0 Å². The Bertz CT molecular complexity index is 329. The minimum atomic E-state index is -0.841. The Kier molecular flexibility index (Phi) is 3.06. The Morgan fingerprint density at radius 1 is 1.79 bits per heavy atom. The number of hydrogen-bond donors (Lipinski definition) is 1. The molecule has 0 spiro atoms. The SMILES string of the molecule is C=C(C)C1=CCN(CC(=O)O)C(C)=N1. The lowest BCUT2D eigenvalue weighted by Gasteiger charge is -2.24. The number of hydrogen-bond acceptors (Lipinski definition) is 3. The molecule has 0 bridgehead atoms. The van der Waals surface area contributed by atoms with Crippen molar-refractivity contribution >= 4 is 11.8 Å². The number of carboxylic acid groups (broad SMARTS) is 1. The monoisotopic (exact) mass is 194 g/mol. The van der Waals surface area contributed by atoms with Gasteiger partial charge in [0.25, 0.3) is 0 Å². The molecule has 0 saturated carbocycles. The van der Waals surface area contributed by atoms with Gasteiger partial charge in [-0.3, -0.25) is 4.79 Å². The standard InChI is InChI=1S/C10H14N2O2/c1-7(2)9-4-5-12(6-10(13)14)8(3)11-9/h4H,1,5-6H2,2-3H3,(H,13,14). The van der Waals surface area contributed by atoms with E-state index in [-0.39, 0.29) is 6.54 Å². The van der Waals surface area contributed by atoms with Gasteiger partial charge in [0, 0.05) is 6.54 Å². The molecule has 0 aromatic rings. The van der Waals surface area contributed by atoms with Crippen molar-refractivity contribution in [2.24, 2.45) is 4.99 Å². The van der Waals surface area contributed by atoms with E-state index in [0.29, 0.717) is 6.54 Å². The van der Waals surface area contributed by atoms with Crippen LogP contribution in [0.2, 0.25) is 0 Å². The average molecular weight is 194 g/mol. The molecule has 76 valence electrons. The van der Waals surface area contributed by atoms with Gasteiger partial charge in [-0.15, -0.1) is 0 Å². The smallest absolute Gasteiger partial charge is 0.323 e. The summed E-state index contributed by atoms with van der Waals surface area (Å²) in [7, 11) is 0. The van der Waals surface area contributed by atoms with Crippen molar-refractivity contribution in [2.45, 2.75) is 13.8 Å². The summed E-state index contributed by atoms with van der Waals surface area (Å²) < 4.78 is 0. The maximum atomic E-state index is 10.5. The van der Waals surface area contributed by atoms with E-state index >= 15 is 0 Å². The van der Waals surface area contributed by atoms with E-state index in [2.05, 4.69) is 11.6 Å². The highest BCUT2D eigenvalue weighted by Crippen LogP contribution is 2.14. The molecule has 1 aliphatic heterocycles. The summed E-state index contributed by atoms with van der Waals surface area (Å²) >= 11 is 0. The number of carboxylic acids is 1. The van der Waals surface area contributed by atoms with Crippen LogP contribution in [0.1, 0.15) is 13.8 Å². The molecule has 4 nitrogen and oxygen atoms in total. The Morgan fingerprint density at radius 2 is 2.43 bits per heavy atom. The van der Waals surface area contributed by atoms with Crippen molar-refractivity contribution in [1.29, 1.82) is 0 Å². The van der Waals surface area contributed by atoms with Gasteiger partial charge in [-0.05, 0) is 25.5 Å². The molecule has 4 heteroatoms. The summed E-state index contributed by atoms with van der Waals surface area (Å²) in [5.41, 5.74) is 1.75. The number of rotatable bonds is 3. The second kappa shape index (κ2) is 4.09. The predicted octanol–water partition coefficient (Wildman–Crippen LogP) is 1.26. The molecule has 0 fully saturated rings. The van der Waals surface area contributed by atoms with Crippen LogP contribution in [0.25, 0.3) is 0 Å². The van der Waals surface area contributed by atoms with Gasteiger partial charge in [0.1, 0.15) is 12.4 Å². The lowest BCUT2D eigenvalue weighted by Crippen LogP contribution is -2.36. The molecule has 0 radical (unpaired) electrons. The number of allylic oxidation sites excluding steroid dienone is 1. The quantitative estimate of drug-likeness (QED) is 0.736. The number of amidine groups is 1. The normalized spacial score (nSPS) is 16.0. The fraction of sp³-hybridized carbons (Fsp3) is 0.400. The van der Waals surface area contributed by atoms with Gasteiger partial charge >= 0.3 is 5.97 Å². The minimum absolute atomic E-state index is 0.00466. The third kappa shape index (κ3) is 2.45. The first kappa shape index (κ1) is 10.5. The minimum Gasteiger partial charge on any atom is -0.480 e. The summed E-state index contributed by atoms with van der Waals surface area (Å²) in [6, 6.07) is 0. The van der Waals surface area contributed by atoms with Crippen molar-refractivity contribution < 1.29 is 9.90 Å². The molecule has 0 aromatic carbocycles. The van der Waals surface area contributed by atoms with Gasteiger partial charge in [-0.2, -0.15) is 0 Å². The third-order valence-corrected chi connectivity index (χ3v) is 2.01. The van der Waals surface area contributed by atoms with Crippen LogP contribution in [0.4, 0.5) is 0 Å². The van der Waals surface area contributed by atoms with Crippen molar-refractivity contribution in [1.82, 2.24) is 4.90 Å². The Balaban J connectivity index is 2.72. The first-order chi connectivity index (χ1) is 6.50. The van der Waals surface area contributed by atoms with Crippen molar-refractivity contribution in [3.05, 3.63) is 23.9 Å². The van der Waals surface area contributed by atoms with E-state index in [1.165, 1.54) is 0 Å². The zero-order chi connectivity index (χ0) is 10.7. The molecule has 1 heterocycles. The Hall–Kier alpha value is -1.58. The summed E-state index contributed by atoms with van der Waals surface area (Å²) in [5.74, 6) is -0.111. The van der Waals surface area contributed by atoms with Gasteiger partial charge in [0.05, 0.1) is 5.70 Å². The molecule has 1 aliphatic rings. The van der Waals surface area contributed by atoms with Crippen molar-refractivity contribution in [3.8, 4) is 0 Å². The second-order valence-electron chi connectivity index (χ2n) is 3.30. The molecular formula is C10H14N2O2. The fourth-order valence-corrected chi connectivity index (χ4v) is 1.23. The molecule has 0 amide bonds. The molecule has 0 atom stereocenters. The zero-order valence-electron chi connectivity index (χ0n) is 8.45. The molecule has 1 N–H and O–H groups in total. The van der Waals surface area contributed by atoms with E-state index in [9.17, 15) is 4.79 Å². The van der Waals surface area contributed by atoms with Crippen LogP contribution in [0.5, 0.6) is 0 Å². The van der Waals surface area contributed by atoms with Gasteiger partial charge < -0.3 is 10.0 Å². The van der Waals surface area contributed by atoms with Gasteiger partial charge in [-0.1, -0.05) is 6.58 Å². The average Bonchev–Trinajstić information content (AvgIpc) is 2.07. The van der Waals surface area contributed by atoms with Gasteiger partial charge in [-0.25, -0.2) is 4.99 Å². The van der Waals surface area contributed by atoms with Crippen molar-refractivity contribution in [3.63, 3.8) is 0 Å². The van der Waals surface area contributed by atoms with Crippen LogP contribution >= 0.6 is 0 Å². The van der Waals surface area contributed by atoms with Crippen molar-refractivity contribution in [2.75, 3.05) is 13.1 Å². The van der Waals surface area contributed by atoms with Crippen LogP contribution in [-0.2, 0) is 4.79 Å². The number of aliphatic imine (C=N–C) groups is 1. The molecule has 0 unspecified atom stereocenters. The summed E-state index contributed by atoms with van der Waals surface area (Å²) in [5, 5.41) is 8.62. The highest BCUT2D eigenvalue weighted by atomic mass is 16.4. The molecule has 1 rings (SSSR count). The topological polar surface area (TPSA) is 52.9 Å². The Morgan fingerprint density at radius 3 is 2.86 bits per heavy atom. The molecule has 0 saturated heterocycles. The number of nitrogens with zero attached hydrogens (tertiary/aromatic N) is 2. The molecular weight excluding hydrogens is 180 g/mol. The molecule has 0 aliphatic carbocycles. The van der Waals surface area contributed by atoms with Crippen LogP contribution in [0.3, 0.4) is 0 Å². The van der Waals surface area contributed by atoms with Crippen LogP contribution < -0.4 is 0 Å². The van der Waals surface area contributed by atoms with Crippen LogP contribution in [-0.4, -0.2) is 34.9 Å². The summed E-state index contributed by atoms with van der Waals surface area (Å²) in [6.07, 6.45) is 1.89. The Labute approximate surface area is 83.2 Å². The lowest BCUT2D eigenvalue weighted by atomic mass is 10.2. The van der Waals surface area contributed by atoms with E-state index in [0.717, 1.165) is 17.1 Å². The highest BCUT2D eigenvalue weighted by Gasteiger charge is 2.14. The van der Waals surface area contributed by atoms with Crippen LogP contribution in [0.15, 0.2) is 28.9 Å². The number of aliphatic carboxylic acids is 1. The number of carbonyl (C=O) groups is 1. The largest absolute Gasteiger partial charge is 0.480 e. The maximum absolute atomic E-state index is 10.5. The second-order valence-corrected chi connectivity index (χ2v) is 3.30. The zero-order valence-corrected chi connectivity index (χ0v) is 8.45. The van der Waals surface area contributed by atoms with E-state index in [1.807, 2.05) is 13.0 Å². The van der Waals surface area contributed by atoms with Gasteiger partial charge in [0.2, 0.25) is 0 Å². The predicted molar refractivity (Wildman–Crippen MR) is 55.2 cm³/mol. The first-order valence-corrected chi connectivity index (χ1v) is 4.39. The summed E-state index contributed by atoms with van der Waals surface area (Å²) in [6.45, 7) is 8.06. The third-order valence-electron chi connectivity index (χ3n) is 2.01. The highest BCUT2D eigenvalue weighted by molar-refractivity contribution is 5.85. The fourth-order valence-electron chi connectivity index (χ4n) is 1.23. The molecule has 0 aromatic heterocycles. The van der Waals surface area contributed by atoms with E-state index < -0.39 is 5.97 Å². The van der Waals surface area contributed by atoms with E-state index in [1.54, 1.807) is 11.8 Å². The lowest BCUT2D eigenvalue weighted by molar-refractivity contribution is -0.137. The maximum Gasteiger partial charge on any atom is 0.323 e. The van der Waals surface area contributed by atoms with Crippen LogP contribution in [0, 0.1) is 0 Å². The van der Waals surface area contributed by atoms with E-state index in [4.69, 9.17) is 5.11 Å². The first-order valence-electron chi connectivity index (χ1n) is 4.39. The molecule has 14 heavy (non-hydrogen) atoms.